The number of hydrogen-bond donors (Lipinski definition) is 0. The molecule has 0 amide bonds. The zero-order valence-corrected chi connectivity index (χ0v) is 41.0. The molecule has 1 unspecified atom stereocenters. The standard InChI is InChI=1S/C49H67N3O13Si/c1-31(2)49(7,8)66(10,11)65-46-43(64-47(55)48(4,5)6)40(60-29-35-25-19-14-20-26-35)41(42(63-46)44(54)56-9)62-45-37(51-52-50)39(59-28-34-23-17-13-18-24-34)38(36(61-45)30-57-32(3)53)58-27-33-21-15-12-16-22-33/h12-26,31,36-43,45-46H,27-30H2,1-11H3/t36-,37-,38-,39-,40+,41+,42-,43-,45-,46?/m1/s1. The van der Waals surface area contributed by atoms with Crippen molar-refractivity contribution in [2.75, 3.05) is 13.7 Å². The zero-order valence-electron chi connectivity index (χ0n) is 40.0. The van der Waals surface area contributed by atoms with E-state index in [4.69, 9.17) is 47.1 Å². The Morgan fingerprint density at radius 1 is 0.727 bits per heavy atom. The van der Waals surface area contributed by atoms with E-state index in [1.54, 1.807) is 20.8 Å². The van der Waals surface area contributed by atoms with Crippen LogP contribution < -0.4 is 0 Å². The lowest BCUT2D eigenvalue weighted by molar-refractivity contribution is -0.343. The van der Waals surface area contributed by atoms with Crippen molar-refractivity contribution in [2.45, 2.75) is 155 Å². The van der Waals surface area contributed by atoms with E-state index in [9.17, 15) is 19.9 Å². The molecule has 2 heterocycles. The lowest BCUT2D eigenvalue weighted by Crippen LogP contribution is -2.68. The molecule has 17 heteroatoms. The lowest BCUT2D eigenvalue weighted by Gasteiger charge is -2.51. The van der Waals surface area contributed by atoms with Gasteiger partial charge in [0.25, 0.3) is 0 Å². The van der Waals surface area contributed by atoms with Gasteiger partial charge in [0, 0.05) is 11.8 Å². The molecule has 3 aromatic rings. The molecule has 0 aromatic heterocycles. The van der Waals surface area contributed by atoms with E-state index < -0.39 is 93.0 Å². The minimum atomic E-state index is -2.83. The molecular formula is C49H67N3O13Si. The molecule has 3 aromatic carbocycles. The van der Waals surface area contributed by atoms with E-state index in [0.717, 1.165) is 16.7 Å². The zero-order chi connectivity index (χ0) is 48.2. The molecule has 16 nitrogen and oxygen atoms in total. The largest absolute Gasteiger partial charge is 0.467 e. The van der Waals surface area contributed by atoms with Gasteiger partial charge in [-0.25, -0.2) is 4.79 Å². The number of hydrogen-bond acceptors (Lipinski definition) is 14. The first kappa shape index (κ1) is 52.3. The summed E-state index contributed by atoms with van der Waals surface area (Å²) in [5.74, 6) is -1.85. The van der Waals surface area contributed by atoms with Crippen LogP contribution in [-0.4, -0.2) is 101 Å². The van der Waals surface area contributed by atoms with Crippen molar-refractivity contribution in [2.24, 2.45) is 16.4 Å². The normalized spacial score (nSPS) is 25.9. The van der Waals surface area contributed by atoms with Crippen LogP contribution in [0.3, 0.4) is 0 Å². The van der Waals surface area contributed by atoms with Crippen LogP contribution in [0.5, 0.6) is 0 Å². The topological polar surface area (TPSA) is 192 Å². The lowest BCUT2D eigenvalue weighted by atomic mass is 9.94. The van der Waals surface area contributed by atoms with E-state index >= 15 is 0 Å². The second-order valence-electron chi connectivity index (χ2n) is 19.0. The third kappa shape index (κ3) is 13.5. The van der Waals surface area contributed by atoms with Crippen LogP contribution in [0.25, 0.3) is 10.4 Å². The number of benzene rings is 3. The summed E-state index contributed by atoms with van der Waals surface area (Å²) in [5.41, 5.74) is 11.6. The Kier molecular flexibility index (Phi) is 18.5. The molecule has 0 saturated carbocycles. The molecule has 0 spiro atoms. The highest BCUT2D eigenvalue weighted by molar-refractivity contribution is 6.74. The van der Waals surface area contributed by atoms with Gasteiger partial charge in [-0.05, 0) is 67.0 Å². The van der Waals surface area contributed by atoms with Crippen molar-refractivity contribution in [3.05, 3.63) is 118 Å². The van der Waals surface area contributed by atoms with Gasteiger partial charge in [0.05, 0.1) is 32.3 Å². The van der Waals surface area contributed by atoms with E-state index in [1.165, 1.54) is 14.0 Å². The fraction of sp³-hybridized carbons (Fsp3) is 0.571. The SMILES string of the molecule is COC(=O)[C@@H]1OC(O[Si](C)(C)C(C)(C)C(C)C)[C@H](OC(=O)C(C)(C)C)[C@@H](OCc2ccccc2)[C@@H]1O[C@H]1O[C@H](COC(C)=O)[C@@H](OCc2ccccc2)[C@H](OCc2ccccc2)[C@H]1N=[N+]=[N-]. The first-order valence-electron chi connectivity index (χ1n) is 22.3. The predicted molar refractivity (Wildman–Crippen MR) is 246 cm³/mol. The van der Waals surface area contributed by atoms with Gasteiger partial charge in [-0.1, -0.05) is 124 Å². The molecular weight excluding hydrogens is 867 g/mol. The highest BCUT2D eigenvalue weighted by Gasteiger charge is 2.59. The molecule has 360 valence electrons. The summed E-state index contributed by atoms with van der Waals surface area (Å²) in [4.78, 5) is 43.7. The Labute approximate surface area is 389 Å². The maximum absolute atomic E-state index is 14.1. The quantitative estimate of drug-likeness (QED) is 0.0261. The third-order valence-electron chi connectivity index (χ3n) is 12.6. The van der Waals surface area contributed by atoms with Gasteiger partial charge in [-0.3, -0.25) is 9.59 Å². The monoisotopic (exact) mass is 933 g/mol. The van der Waals surface area contributed by atoms with Crippen molar-refractivity contribution in [3.8, 4) is 0 Å². The van der Waals surface area contributed by atoms with Gasteiger partial charge in [-0.2, -0.15) is 0 Å². The average molecular weight is 934 g/mol. The Hall–Kier alpha value is -4.68. The van der Waals surface area contributed by atoms with Crippen LogP contribution >= 0.6 is 0 Å². The number of azide groups is 1. The van der Waals surface area contributed by atoms with Crippen molar-refractivity contribution >= 4 is 26.2 Å². The highest BCUT2D eigenvalue weighted by Crippen LogP contribution is 2.47. The van der Waals surface area contributed by atoms with Crippen LogP contribution in [0.2, 0.25) is 18.1 Å². The summed E-state index contributed by atoms with van der Waals surface area (Å²) in [6.45, 7) is 18.8. The molecule has 2 aliphatic heterocycles. The van der Waals surface area contributed by atoms with Gasteiger partial charge in [-0.15, -0.1) is 0 Å². The molecule has 2 aliphatic rings. The second kappa shape index (κ2) is 23.4. The van der Waals surface area contributed by atoms with E-state index in [1.807, 2.05) is 104 Å². The fourth-order valence-corrected chi connectivity index (χ4v) is 9.95. The predicted octanol–water partition coefficient (Wildman–Crippen LogP) is 8.61. The maximum Gasteiger partial charge on any atom is 0.337 e. The molecule has 0 bridgehead atoms. The summed E-state index contributed by atoms with van der Waals surface area (Å²) in [5, 5.41) is 3.85. The summed E-state index contributed by atoms with van der Waals surface area (Å²) in [6.07, 6.45) is -11.7. The molecule has 66 heavy (non-hydrogen) atoms. The van der Waals surface area contributed by atoms with E-state index in [2.05, 4.69) is 37.7 Å². The molecule has 0 N–H and O–H groups in total. The van der Waals surface area contributed by atoms with Crippen LogP contribution in [0.15, 0.2) is 96.1 Å². The fourth-order valence-electron chi connectivity index (χ4n) is 7.48. The number of carbonyl (C=O) groups is 3. The Morgan fingerprint density at radius 3 is 1.68 bits per heavy atom. The van der Waals surface area contributed by atoms with Gasteiger partial charge >= 0.3 is 17.9 Å². The van der Waals surface area contributed by atoms with Crippen LogP contribution in [0.1, 0.15) is 72.1 Å². The van der Waals surface area contributed by atoms with Crippen LogP contribution in [-0.2, 0) is 81.3 Å². The summed E-state index contributed by atoms with van der Waals surface area (Å²) in [6, 6.07) is 26.8. The Balaban J connectivity index is 1.65. The van der Waals surface area contributed by atoms with Gasteiger partial charge in [0.2, 0.25) is 0 Å². The van der Waals surface area contributed by atoms with Gasteiger partial charge < -0.3 is 47.1 Å². The minimum absolute atomic E-state index is 0.0214. The van der Waals surface area contributed by atoms with Crippen molar-refractivity contribution in [1.82, 2.24) is 0 Å². The maximum atomic E-state index is 14.1. The number of methoxy groups -OCH3 is 1. The first-order valence-corrected chi connectivity index (χ1v) is 25.3. The van der Waals surface area contributed by atoms with E-state index in [0.29, 0.717) is 0 Å². The molecule has 0 radical (unpaired) electrons. The second-order valence-corrected chi connectivity index (χ2v) is 23.5. The van der Waals surface area contributed by atoms with Gasteiger partial charge in [0.15, 0.2) is 33.1 Å². The Bertz CT molecular complexity index is 2060. The molecule has 0 aliphatic carbocycles. The third-order valence-corrected chi connectivity index (χ3v) is 17.1. The van der Waals surface area contributed by atoms with Crippen molar-refractivity contribution in [1.29, 1.82) is 0 Å². The summed E-state index contributed by atoms with van der Waals surface area (Å²) in [7, 11) is -1.62. The number of nitrogens with zero attached hydrogens (tertiary/aromatic N) is 3. The average Bonchev–Trinajstić information content (AvgIpc) is 3.28. The molecule has 10 atom stereocenters. The van der Waals surface area contributed by atoms with Crippen molar-refractivity contribution in [3.63, 3.8) is 0 Å². The number of rotatable bonds is 20. The van der Waals surface area contributed by atoms with Crippen molar-refractivity contribution < 1.29 is 61.4 Å². The number of esters is 3. The van der Waals surface area contributed by atoms with Crippen LogP contribution in [0, 0.1) is 11.3 Å². The summed E-state index contributed by atoms with van der Waals surface area (Å²) < 4.78 is 64.4. The van der Waals surface area contributed by atoms with Gasteiger partial charge in [0.1, 0.15) is 43.2 Å². The number of carbonyl (C=O) groups excluding carboxylic acids is 3. The molecule has 2 saturated heterocycles. The van der Waals surface area contributed by atoms with Crippen LogP contribution in [0.4, 0.5) is 0 Å². The van der Waals surface area contributed by atoms with E-state index in [-0.39, 0.29) is 37.4 Å². The summed E-state index contributed by atoms with van der Waals surface area (Å²) >= 11 is 0. The highest BCUT2D eigenvalue weighted by atomic mass is 28.4. The number of ether oxygens (including phenoxy) is 9. The first-order chi connectivity index (χ1) is 31.3. The smallest absolute Gasteiger partial charge is 0.337 e. The molecule has 5 rings (SSSR count). The minimum Gasteiger partial charge on any atom is -0.467 e. The Morgan fingerprint density at radius 2 is 1.23 bits per heavy atom. The molecule has 2 fully saturated rings.